The second kappa shape index (κ2) is 3.55. The molecule has 4 heterocycles. The molecule has 3 heteroatoms. The van der Waals surface area contributed by atoms with Gasteiger partial charge in [-0.25, -0.2) is 0 Å². The van der Waals surface area contributed by atoms with Gasteiger partial charge in [0.1, 0.15) is 5.60 Å². The predicted octanol–water partition coefficient (Wildman–Crippen LogP) is 2.67. The van der Waals surface area contributed by atoms with E-state index in [4.69, 9.17) is 4.99 Å². The highest BCUT2D eigenvalue weighted by Gasteiger charge is 2.69. The molecule has 0 radical (unpaired) electrons. The third-order valence-corrected chi connectivity index (χ3v) is 7.03. The van der Waals surface area contributed by atoms with Gasteiger partial charge in [0.05, 0.1) is 5.69 Å². The van der Waals surface area contributed by atoms with Crippen molar-refractivity contribution in [2.75, 3.05) is 19.6 Å². The molecule has 1 aromatic carbocycles. The second-order valence-corrected chi connectivity index (χ2v) is 7.87. The molecule has 4 aliphatic heterocycles. The van der Waals surface area contributed by atoms with Crippen molar-refractivity contribution in [3.63, 3.8) is 0 Å². The normalized spacial score (nSPS) is 48.0. The Morgan fingerprint density at radius 1 is 1.32 bits per heavy atom. The standard InChI is InChI=1S/C19H22N2O/c1-12-17(3)10-21-9-8-18(13(2)19(12,22)11-21)14-6-4-5-7-15(14)20-16(17)18/h4-7,13,22H,1,8-11H2,2-3H3/t13-,17+,18-,19?/m1/s1. The SMILES string of the molecule is C=C1C2(O)CN3CC[C@@]4(C(=Nc5ccccc54)[C@@]1(C)C3)[C@H]2C. The molecule has 1 N–H and O–H groups in total. The quantitative estimate of drug-likeness (QED) is 0.747. The lowest BCUT2D eigenvalue weighted by Gasteiger charge is -2.60. The van der Waals surface area contributed by atoms with Crippen molar-refractivity contribution < 1.29 is 5.11 Å². The zero-order valence-electron chi connectivity index (χ0n) is 13.3. The fraction of sp³-hybridized carbons (Fsp3) is 0.526. The molecule has 1 aromatic rings. The van der Waals surface area contributed by atoms with E-state index < -0.39 is 5.60 Å². The lowest BCUT2D eigenvalue weighted by molar-refractivity contribution is -0.0579. The summed E-state index contributed by atoms with van der Waals surface area (Å²) in [6, 6.07) is 8.51. The van der Waals surface area contributed by atoms with E-state index in [0.717, 1.165) is 37.3 Å². The van der Waals surface area contributed by atoms with E-state index in [9.17, 15) is 5.11 Å². The molecular weight excluding hydrogens is 272 g/mol. The van der Waals surface area contributed by atoms with Crippen molar-refractivity contribution in [3.8, 4) is 0 Å². The van der Waals surface area contributed by atoms with Gasteiger partial charge in [-0.15, -0.1) is 0 Å². The van der Waals surface area contributed by atoms with Crippen molar-refractivity contribution in [1.82, 2.24) is 4.90 Å². The Kier molecular flexibility index (Phi) is 2.10. The van der Waals surface area contributed by atoms with Gasteiger partial charge in [-0.3, -0.25) is 9.89 Å². The Bertz CT molecular complexity index is 754. The molecular formula is C19H22N2O. The van der Waals surface area contributed by atoms with E-state index in [0.29, 0.717) is 0 Å². The number of hydrogen-bond acceptors (Lipinski definition) is 3. The van der Waals surface area contributed by atoms with Crippen LogP contribution in [0, 0.1) is 11.3 Å². The summed E-state index contributed by atoms with van der Waals surface area (Å²) >= 11 is 0. The predicted molar refractivity (Wildman–Crippen MR) is 87.6 cm³/mol. The van der Waals surface area contributed by atoms with Crippen LogP contribution in [0.5, 0.6) is 0 Å². The fourth-order valence-corrected chi connectivity index (χ4v) is 5.85. The summed E-state index contributed by atoms with van der Waals surface area (Å²) in [4.78, 5) is 7.51. The Morgan fingerprint density at radius 3 is 2.91 bits per heavy atom. The van der Waals surface area contributed by atoms with Crippen LogP contribution in [0.2, 0.25) is 0 Å². The molecule has 3 saturated heterocycles. The van der Waals surface area contributed by atoms with Gasteiger partial charge in [-0.05, 0) is 37.1 Å². The summed E-state index contributed by atoms with van der Waals surface area (Å²) in [5.74, 6) is 0.119. The summed E-state index contributed by atoms with van der Waals surface area (Å²) in [6.45, 7) is 11.5. The molecule has 1 spiro atoms. The minimum atomic E-state index is -0.806. The topological polar surface area (TPSA) is 35.8 Å². The molecule has 4 bridgehead atoms. The number of fused-ring (bicyclic) bond motifs is 2. The molecule has 5 aliphatic rings. The van der Waals surface area contributed by atoms with Crippen molar-refractivity contribution >= 4 is 11.4 Å². The van der Waals surface area contributed by atoms with Gasteiger partial charge in [-0.1, -0.05) is 31.7 Å². The molecule has 5 atom stereocenters. The molecule has 114 valence electrons. The highest BCUT2D eigenvalue weighted by Crippen LogP contribution is 2.64. The summed E-state index contributed by atoms with van der Waals surface area (Å²) in [5, 5.41) is 11.6. The first-order valence-electron chi connectivity index (χ1n) is 8.27. The molecule has 0 amide bonds. The Morgan fingerprint density at radius 2 is 2.09 bits per heavy atom. The number of para-hydroxylation sites is 1. The average molecular weight is 294 g/mol. The molecule has 4 fully saturated rings. The zero-order valence-corrected chi connectivity index (χ0v) is 13.3. The van der Waals surface area contributed by atoms with Crippen LogP contribution in [0.15, 0.2) is 41.4 Å². The molecule has 3 nitrogen and oxygen atoms in total. The van der Waals surface area contributed by atoms with E-state index in [-0.39, 0.29) is 16.7 Å². The van der Waals surface area contributed by atoms with Crippen LogP contribution in [0.25, 0.3) is 0 Å². The number of rotatable bonds is 0. The van der Waals surface area contributed by atoms with Gasteiger partial charge < -0.3 is 5.11 Å². The van der Waals surface area contributed by atoms with Crippen LogP contribution in [0.1, 0.15) is 25.8 Å². The number of hydrogen-bond donors (Lipinski definition) is 1. The first-order valence-corrected chi connectivity index (χ1v) is 8.27. The van der Waals surface area contributed by atoms with Gasteiger partial charge in [0.15, 0.2) is 0 Å². The van der Waals surface area contributed by atoms with E-state index in [1.54, 1.807) is 0 Å². The third-order valence-electron chi connectivity index (χ3n) is 7.03. The summed E-state index contributed by atoms with van der Waals surface area (Å²) in [7, 11) is 0. The van der Waals surface area contributed by atoms with Gasteiger partial charge in [-0.2, -0.15) is 0 Å². The summed E-state index contributed by atoms with van der Waals surface area (Å²) in [6.07, 6.45) is 1.05. The maximum Gasteiger partial charge on any atom is 0.103 e. The van der Waals surface area contributed by atoms with Crippen molar-refractivity contribution in [2.24, 2.45) is 16.3 Å². The zero-order chi connectivity index (χ0) is 15.3. The minimum Gasteiger partial charge on any atom is -0.384 e. The van der Waals surface area contributed by atoms with Gasteiger partial charge in [0.25, 0.3) is 0 Å². The number of aliphatic hydroxyl groups is 1. The number of aliphatic imine (C=N–C) groups is 1. The minimum absolute atomic E-state index is 0.119. The van der Waals surface area contributed by atoms with E-state index in [1.165, 1.54) is 11.3 Å². The Hall–Kier alpha value is -1.45. The van der Waals surface area contributed by atoms with E-state index in [2.05, 4.69) is 49.6 Å². The smallest absolute Gasteiger partial charge is 0.103 e. The largest absolute Gasteiger partial charge is 0.384 e. The molecule has 6 rings (SSSR count). The summed E-state index contributed by atoms with van der Waals surface area (Å²) < 4.78 is 0. The molecule has 1 saturated carbocycles. The van der Waals surface area contributed by atoms with Crippen LogP contribution < -0.4 is 0 Å². The number of benzene rings is 1. The summed E-state index contributed by atoms with van der Waals surface area (Å²) in [5.41, 5.74) is 3.52. The maximum absolute atomic E-state index is 11.6. The van der Waals surface area contributed by atoms with E-state index >= 15 is 0 Å². The third kappa shape index (κ3) is 1.12. The monoisotopic (exact) mass is 294 g/mol. The van der Waals surface area contributed by atoms with Crippen LogP contribution in [-0.4, -0.2) is 41.0 Å². The van der Waals surface area contributed by atoms with Crippen LogP contribution in [-0.2, 0) is 5.41 Å². The molecule has 22 heavy (non-hydrogen) atoms. The second-order valence-electron chi connectivity index (χ2n) is 7.87. The lowest BCUT2D eigenvalue weighted by Crippen LogP contribution is -2.69. The fourth-order valence-electron chi connectivity index (χ4n) is 5.85. The van der Waals surface area contributed by atoms with Gasteiger partial charge in [0.2, 0.25) is 0 Å². The Labute approximate surface area is 131 Å². The lowest BCUT2D eigenvalue weighted by atomic mass is 9.47. The molecule has 0 aromatic heterocycles. The van der Waals surface area contributed by atoms with Gasteiger partial charge >= 0.3 is 0 Å². The average Bonchev–Trinajstić information content (AvgIpc) is 2.75. The number of nitrogens with zero attached hydrogens (tertiary/aromatic N) is 2. The highest BCUT2D eigenvalue weighted by molar-refractivity contribution is 6.09. The van der Waals surface area contributed by atoms with Crippen LogP contribution >= 0.6 is 0 Å². The van der Waals surface area contributed by atoms with Crippen LogP contribution in [0.4, 0.5) is 5.69 Å². The van der Waals surface area contributed by atoms with Crippen molar-refractivity contribution in [1.29, 1.82) is 0 Å². The Balaban J connectivity index is 1.90. The highest BCUT2D eigenvalue weighted by atomic mass is 16.3. The first kappa shape index (κ1) is 13.0. The van der Waals surface area contributed by atoms with Crippen LogP contribution in [0.3, 0.4) is 0 Å². The first-order chi connectivity index (χ1) is 10.4. The van der Waals surface area contributed by atoms with Crippen molar-refractivity contribution in [2.45, 2.75) is 31.3 Å². The number of piperidine rings is 1. The molecule has 1 aliphatic carbocycles. The van der Waals surface area contributed by atoms with E-state index in [1.807, 2.05) is 0 Å². The maximum atomic E-state index is 11.6. The van der Waals surface area contributed by atoms with Gasteiger partial charge in [0, 0.05) is 35.5 Å². The molecule has 2 unspecified atom stereocenters. The van der Waals surface area contributed by atoms with Crippen molar-refractivity contribution in [3.05, 3.63) is 42.0 Å².